The van der Waals surface area contributed by atoms with Crippen molar-refractivity contribution < 1.29 is 14.3 Å². The molecule has 1 aromatic rings. The fraction of sp³-hybridized carbons (Fsp3) is 0.429. The smallest absolute Gasteiger partial charge is 0.410 e. The number of aryl methyl sites for hydroxylation is 1. The molecule has 0 bridgehead atoms. The lowest BCUT2D eigenvalue weighted by Gasteiger charge is -2.15. The molecule has 0 saturated carbocycles. The summed E-state index contributed by atoms with van der Waals surface area (Å²) >= 11 is 2.89. The lowest BCUT2D eigenvalue weighted by Crippen LogP contribution is -2.40. The minimum absolute atomic E-state index is 0.0402. The normalized spacial score (nSPS) is 9.46. The van der Waals surface area contributed by atoms with E-state index < -0.39 is 6.09 Å². The van der Waals surface area contributed by atoms with E-state index >= 15 is 0 Å². The highest BCUT2D eigenvalue weighted by Crippen LogP contribution is 2.06. The number of hydrogen-bond donors (Lipinski definition) is 3. The van der Waals surface area contributed by atoms with Crippen molar-refractivity contribution in [2.75, 3.05) is 44.3 Å². The number of rotatable bonds is 7. The van der Waals surface area contributed by atoms with Crippen molar-refractivity contribution in [1.82, 2.24) is 20.2 Å². The third-order valence-electron chi connectivity index (χ3n) is 2.64. The molecule has 0 aliphatic heterocycles. The number of amides is 2. The molecule has 1 aromatic heterocycles. The van der Waals surface area contributed by atoms with E-state index in [2.05, 4.69) is 47.3 Å². The van der Waals surface area contributed by atoms with E-state index in [0.717, 1.165) is 4.90 Å². The van der Waals surface area contributed by atoms with Crippen LogP contribution < -0.4 is 16.4 Å². The van der Waals surface area contributed by atoms with E-state index in [9.17, 15) is 9.59 Å². The number of carbonyl (C=O) groups excluding carboxylic acids is 2. The summed E-state index contributed by atoms with van der Waals surface area (Å²) in [7, 11) is 1.47. The minimum Gasteiger partial charge on any atom is -0.436 e. The Kier molecular flexibility index (Phi) is 8.35. The maximum Gasteiger partial charge on any atom is 0.410 e. The van der Waals surface area contributed by atoms with Crippen molar-refractivity contribution >= 4 is 39.6 Å². The second-order valence-electron chi connectivity index (χ2n) is 4.68. The topological polar surface area (TPSA) is 122 Å². The van der Waals surface area contributed by atoms with Gasteiger partial charge in [-0.1, -0.05) is 0 Å². The molecular weight excluding hydrogens is 380 g/mol. The Hall–Kier alpha value is -2.54. The number of hydrogen-bond acceptors (Lipinski definition) is 7. The van der Waals surface area contributed by atoms with Gasteiger partial charge in [-0.2, -0.15) is 0 Å². The third kappa shape index (κ3) is 7.64. The molecule has 0 aliphatic rings. The van der Waals surface area contributed by atoms with Crippen molar-refractivity contribution in [2.24, 2.45) is 0 Å². The highest BCUT2D eigenvalue weighted by molar-refractivity contribution is 9.12. The molecule has 0 atom stereocenters. The molecule has 2 amide bonds. The first-order valence-electron chi connectivity index (χ1n) is 7.00. The Morgan fingerprint density at radius 2 is 2.17 bits per heavy atom. The Labute approximate surface area is 148 Å². The van der Waals surface area contributed by atoms with Crippen LogP contribution >= 0.6 is 15.9 Å². The Bertz CT molecular complexity index is 623. The second-order valence-corrected chi connectivity index (χ2v) is 5.08. The quantitative estimate of drug-likeness (QED) is 0.446. The first-order chi connectivity index (χ1) is 11.4. The molecular formula is C14H19BrN6O3. The zero-order chi connectivity index (χ0) is 17.9. The number of nitrogen functional groups attached to an aromatic ring is 1. The monoisotopic (exact) mass is 398 g/mol. The molecule has 9 nitrogen and oxygen atoms in total. The van der Waals surface area contributed by atoms with Crippen LogP contribution in [0.3, 0.4) is 0 Å². The summed E-state index contributed by atoms with van der Waals surface area (Å²) in [6, 6.07) is 1.61. The first kappa shape index (κ1) is 19.5. The Balaban J connectivity index is 2.25. The molecule has 0 spiro atoms. The summed E-state index contributed by atoms with van der Waals surface area (Å²) in [6.45, 7) is 2.40. The van der Waals surface area contributed by atoms with E-state index in [0.29, 0.717) is 30.5 Å². The van der Waals surface area contributed by atoms with Gasteiger partial charge in [-0.15, -0.1) is 0 Å². The summed E-state index contributed by atoms with van der Waals surface area (Å²) in [4.78, 5) is 35.0. The van der Waals surface area contributed by atoms with Crippen molar-refractivity contribution in [1.29, 1.82) is 0 Å². The number of likely N-dealkylation sites (N-methyl/N-ethyl adjacent to an activating group) is 1. The van der Waals surface area contributed by atoms with Gasteiger partial charge in [-0.3, -0.25) is 4.79 Å². The molecule has 0 aliphatic carbocycles. The number of nitrogens with two attached hydrogens (primary N) is 1. The summed E-state index contributed by atoms with van der Waals surface area (Å²) in [5.74, 6) is 3.74. The highest BCUT2D eigenvalue weighted by atomic mass is 79.9. The first-order valence-corrected chi connectivity index (χ1v) is 7.79. The van der Waals surface area contributed by atoms with Gasteiger partial charge in [0.05, 0.1) is 0 Å². The van der Waals surface area contributed by atoms with Crippen LogP contribution in [0.5, 0.6) is 0 Å². The zero-order valence-electron chi connectivity index (χ0n) is 13.4. The maximum absolute atomic E-state index is 11.7. The summed E-state index contributed by atoms with van der Waals surface area (Å²) in [6.07, 6.45) is -0.620. The van der Waals surface area contributed by atoms with E-state index in [4.69, 9.17) is 10.5 Å². The number of halogens is 1. The van der Waals surface area contributed by atoms with Crippen LogP contribution in [0.4, 0.5) is 16.4 Å². The predicted octanol–water partition coefficient (Wildman–Crippen LogP) is 0.320. The van der Waals surface area contributed by atoms with Gasteiger partial charge in [0.2, 0.25) is 5.91 Å². The van der Waals surface area contributed by atoms with E-state index in [1.807, 2.05) is 0 Å². The van der Waals surface area contributed by atoms with Crippen LogP contribution in [0.25, 0.3) is 0 Å². The standard InChI is InChI=1S/C14H19BrN6O3/c1-10-19-11(16)8-12(20-10)17-5-6-18-13(22)9-21(2)14(23)24-7-3-4-15/h8H,5-7,9H2,1-2H3,(H,18,22)(H3,16,17,19,20). The molecule has 1 rings (SSSR count). The number of nitrogens with zero attached hydrogens (tertiary/aromatic N) is 3. The second kappa shape index (κ2) is 10.3. The lowest BCUT2D eigenvalue weighted by molar-refractivity contribution is -0.121. The number of nitrogens with one attached hydrogen (secondary N) is 2. The van der Waals surface area contributed by atoms with Crippen LogP contribution in [0.2, 0.25) is 0 Å². The van der Waals surface area contributed by atoms with Crippen molar-refractivity contribution in [3.05, 3.63) is 11.9 Å². The van der Waals surface area contributed by atoms with Gasteiger partial charge in [0.25, 0.3) is 0 Å². The molecule has 130 valence electrons. The van der Waals surface area contributed by atoms with E-state index in [-0.39, 0.29) is 19.1 Å². The van der Waals surface area contributed by atoms with Gasteiger partial charge in [0.1, 0.15) is 24.0 Å². The van der Waals surface area contributed by atoms with Crippen molar-refractivity contribution in [3.8, 4) is 10.8 Å². The third-order valence-corrected chi connectivity index (χ3v) is 2.92. The SMILES string of the molecule is Cc1nc(N)cc(NCCNC(=O)CN(C)C(=O)OCC#CBr)n1. The average Bonchev–Trinajstić information content (AvgIpc) is 2.50. The average molecular weight is 399 g/mol. The molecule has 0 unspecified atom stereocenters. The van der Waals surface area contributed by atoms with Crippen LogP contribution in [-0.4, -0.2) is 60.2 Å². The van der Waals surface area contributed by atoms with Crippen molar-refractivity contribution in [2.45, 2.75) is 6.92 Å². The number of carbonyl (C=O) groups is 2. The number of ether oxygens (including phenoxy) is 1. The summed E-state index contributed by atoms with van der Waals surface area (Å²) < 4.78 is 4.82. The predicted molar refractivity (Wildman–Crippen MR) is 93.4 cm³/mol. The molecule has 0 aromatic carbocycles. The highest BCUT2D eigenvalue weighted by Gasteiger charge is 2.13. The van der Waals surface area contributed by atoms with Crippen LogP contribution in [0, 0.1) is 17.7 Å². The van der Waals surface area contributed by atoms with Crippen LogP contribution in [-0.2, 0) is 9.53 Å². The van der Waals surface area contributed by atoms with Gasteiger partial charge < -0.3 is 26.0 Å². The maximum atomic E-state index is 11.7. The van der Waals surface area contributed by atoms with Gasteiger partial charge in [0, 0.05) is 42.1 Å². The molecule has 4 N–H and O–H groups in total. The summed E-state index contributed by atoms with van der Waals surface area (Å²) in [5.41, 5.74) is 5.62. The van der Waals surface area contributed by atoms with Crippen LogP contribution in [0.15, 0.2) is 6.07 Å². The largest absolute Gasteiger partial charge is 0.436 e. The molecule has 0 saturated heterocycles. The molecule has 10 heteroatoms. The minimum atomic E-state index is -0.620. The fourth-order valence-electron chi connectivity index (χ4n) is 1.64. The van der Waals surface area contributed by atoms with E-state index in [1.54, 1.807) is 13.0 Å². The zero-order valence-corrected chi connectivity index (χ0v) is 15.0. The Morgan fingerprint density at radius 3 is 2.83 bits per heavy atom. The molecule has 0 radical (unpaired) electrons. The fourth-order valence-corrected chi connectivity index (χ4v) is 1.76. The lowest BCUT2D eigenvalue weighted by atomic mass is 10.4. The van der Waals surface area contributed by atoms with Gasteiger partial charge in [0.15, 0.2) is 6.61 Å². The van der Waals surface area contributed by atoms with Gasteiger partial charge >= 0.3 is 6.09 Å². The molecule has 0 fully saturated rings. The van der Waals surface area contributed by atoms with Crippen molar-refractivity contribution in [3.63, 3.8) is 0 Å². The molecule has 24 heavy (non-hydrogen) atoms. The molecule has 1 heterocycles. The summed E-state index contributed by atoms with van der Waals surface area (Å²) in [5, 5.41) is 5.70. The van der Waals surface area contributed by atoms with Gasteiger partial charge in [-0.25, -0.2) is 14.8 Å². The van der Waals surface area contributed by atoms with Crippen LogP contribution in [0.1, 0.15) is 5.82 Å². The van der Waals surface area contributed by atoms with Gasteiger partial charge in [-0.05, 0) is 17.7 Å². The number of aromatic nitrogens is 2. The number of anilines is 2. The van der Waals surface area contributed by atoms with E-state index in [1.165, 1.54) is 7.05 Å². The Morgan fingerprint density at radius 1 is 1.42 bits per heavy atom.